The van der Waals surface area contributed by atoms with Gasteiger partial charge in [-0.15, -0.1) is 0 Å². The number of imidazole rings is 1. The Balaban J connectivity index is 1.38. The lowest BCUT2D eigenvalue weighted by Gasteiger charge is -2.22. The Morgan fingerprint density at radius 1 is 0.968 bits per heavy atom. The van der Waals surface area contributed by atoms with Gasteiger partial charge < -0.3 is 14.5 Å². The first kappa shape index (κ1) is 19.6. The highest BCUT2D eigenvalue weighted by atomic mass is 19.3. The molecule has 1 aliphatic rings. The Morgan fingerprint density at radius 2 is 1.71 bits per heavy atom. The molecule has 1 fully saturated rings. The summed E-state index contributed by atoms with van der Waals surface area (Å²) in [4.78, 5) is 15.5. The van der Waals surface area contributed by atoms with Crippen LogP contribution >= 0.6 is 0 Å². The van der Waals surface area contributed by atoms with E-state index in [1.54, 1.807) is 36.7 Å². The third-order valence-electron chi connectivity index (χ3n) is 5.42. The Labute approximate surface area is 177 Å². The van der Waals surface area contributed by atoms with Crippen LogP contribution in [0, 0.1) is 0 Å². The topological polar surface area (TPSA) is 72.9 Å². The maximum atomic E-state index is 15.0. The molecule has 5 rings (SSSR count). The van der Waals surface area contributed by atoms with Crippen molar-refractivity contribution in [1.82, 2.24) is 19.9 Å². The number of hydrogen-bond acceptors (Lipinski definition) is 5. The fourth-order valence-corrected chi connectivity index (χ4v) is 3.75. The van der Waals surface area contributed by atoms with Crippen molar-refractivity contribution in [1.29, 1.82) is 0 Å². The number of alkyl halides is 2. The summed E-state index contributed by atoms with van der Waals surface area (Å²) in [6.07, 6.45) is 4.88. The Morgan fingerprint density at radius 3 is 2.48 bits per heavy atom. The zero-order chi connectivity index (χ0) is 21.3. The number of ether oxygens (including phenoxy) is 2. The lowest BCUT2D eigenvalue weighted by atomic mass is 9.96. The SMILES string of the molecule is FC(F)(c1ccc(Oc2nccnc2C2CCOCC2)cc1)c1nc2ccccc2[nH]1. The zero-order valence-corrected chi connectivity index (χ0v) is 16.6. The number of rotatable bonds is 5. The molecule has 6 nitrogen and oxygen atoms in total. The molecule has 0 spiro atoms. The van der Waals surface area contributed by atoms with E-state index < -0.39 is 11.7 Å². The largest absolute Gasteiger partial charge is 0.437 e. The predicted molar refractivity (Wildman–Crippen MR) is 110 cm³/mol. The maximum absolute atomic E-state index is 15.0. The molecular weight excluding hydrogens is 402 g/mol. The summed E-state index contributed by atoms with van der Waals surface area (Å²) in [6.45, 7) is 1.35. The van der Waals surface area contributed by atoms with Gasteiger partial charge in [0.1, 0.15) is 11.4 Å². The smallest absolute Gasteiger partial charge is 0.329 e. The Bertz CT molecular complexity index is 1150. The first-order valence-electron chi connectivity index (χ1n) is 10.1. The van der Waals surface area contributed by atoms with E-state index in [4.69, 9.17) is 9.47 Å². The van der Waals surface area contributed by atoms with Crippen LogP contribution in [0.15, 0.2) is 60.9 Å². The molecule has 0 radical (unpaired) electrons. The molecule has 3 heterocycles. The minimum absolute atomic E-state index is 0.178. The van der Waals surface area contributed by atoms with Crippen molar-refractivity contribution in [2.75, 3.05) is 13.2 Å². The van der Waals surface area contributed by atoms with Gasteiger partial charge in [-0.25, -0.2) is 9.97 Å². The van der Waals surface area contributed by atoms with E-state index >= 15 is 8.78 Å². The number of aromatic amines is 1. The molecule has 0 saturated carbocycles. The summed E-state index contributed by atoms with van der Waals surface area (Å²) >= 11 is 0. The molecule has 2 aromatic heterocycles. The molecule has 31 heavy (non-hydrogen) atoms. The molecule has 0 unspecified atom stereocenters. The second kappa shape index (κ2) is 8.03. The van der Waals surface area contributed by atoms with Gasteiger partial charge in [-0.05, 0) is 49.2 Å². The lowest BCUT2D eigenvalue weighted by Crippen LogP contribution is -2.17. The van der Waals surface area contributed by atoms with Crippen molar-refractivity contribution in [2.45, 2.75) is 24.7 Å². The first-order valence-corrected chi connectivity index (χ1v) is 10.1. The van der Waals surface area contributed by atoms with Gasteiger partial charge in [-0.2, -0.15) is 8.78 Å². The molecule has 8 heteroatoms. The number of nitrogens with one attached hydrogen (secondary N) is 1. The van der Waals surface area contributed by atoms with Gasteiger partial charge in [0.15, 0.2) is 5.82 Å². The molecule has 4 aromatic rings. The van der Waals surface area contributed by atoms with Crippen LogP contribution in [0.3, 0.4) is 0 Å². The summed E-state index contributed by atoms with van der Waals surface area (Å²) in [6, 6.07) is 12.6. The van der Waals surface area contributed by atoms with Gasteiger partial charge in [0.05, 0.1) is 11.0 Å². The van der Waals surface area contributed by atoms with Crippen molar-refractivity contribution in [3.63, 3.8) is 0 Å². The van der Waals surface area contributed by atoms with Gasteiger partial charge in [-0.1, -0.05) is 12.1 Å². The maximum Gasteiger partial charge on any atom is 0.329 e. The highest BCUT2D eigenvalue weighted by Crippen LogP contribution is 2.37. The first-order chi connectivity index (χ1) is 15.1. The van der Waals surface area contributed by atoms with E-state index in [1.807, 2.05) is 0 Å². The van der Waals surface area contributed by atoms with Crippen LogP contribution in [0.25, 0.3) is 11.0 Å². The minimum Gasteiger partial charge on any atom is -0.437 e. The third kappa shape index (κ3) is 3.86. The highest BCUT2D eigenvalue weighted by Gasteiger charge is 2.37. The van der Waals surface area contributed by atoms with Crippen LogP contribution in [0.1, 0.15) is 35.8 Å². The van der Waals surface area contributed by atoms with Gasteiger partial charge in [0.2, 0.25) is 5.88 Å². The minimum atomic E-state index is -3.27. The third-order valence-corrected chi connectivity index (χ3v) is 5.42. The van der Waals surface area contributed by atoms with Gasteiger partial charge in [0, 0.05) is 37.1 Å². The van der Waals surface area contributed by atoms with Crippen molar-refractivity contribution in [2.24, 2.45) is 0 Å². The summed E-state index contributed by atoms with van der Waals surface area (Å²) < 4.78 is 41.4. The summed E-state index contributed by atoms with van der Waals surface area (Å²) in [5.74, 6) is -2.64. The van der Waals surface area contributed by atoms with E-state index in [-0.39, 0.29) is 11.5 Å². The Hall–Kier alpha value is -3.39. The highest BCUT2D eigenvalue weighted by molar-refractivity contribution is 5.75. The molecule has 1 aliphatic heterocycles. The van der Waals surface area contributed by atoms with Crippen LogP contribution in [-0.4, -0.2) is 33.1 Å². The van der Waals surface area contributed by atoms with Crippen molar-refractivity contribution in [3.05, 3.63) is 78.0 Å². The number of nitrogens with zero attached hydrogens (tertiary/aromatic N) is 3. The monoisotopic (exact) mass is 422 g/mol. The number of benzene rings is 2. The quantitative estimate of drug-likeness (QED) is 0.480. The normalized spacial score (nSPS) is 15.3. The van der Waals surface area contributed by atoms with E-state index in [0.717, 1.165) is 18.5 Å². The van der Waals surface area contributed by atoms with E-state index in [9.17, 15) is 0 Å². The van der Waals surface area contributed by atoms with Crippen LogP contribution in [-0.2, 0) is 10.7 Å². The van der Waals surface area contributed by atoms with Gasteiger partial charge in [-0.3, -0.25) is 4.98 Å². The van der Waals surface area contributed by atoms with Crippen LogP contribution in [0.5, 0.6) is 11.6 Å². The van der Waals surface area contributed by atoms with Crippen molar-refractivity contribution < 1.29 is 18.3 Å². The molecule has 0 atom stereocenters. The van der Waals surface area contributed by atoms with E-state index in [0.29, 0.717) is 35.9 Å². The zero-order valence-electron chi connectivity index (χ0n) is 16.6. The fourth-order valence-electron chi connectivity index (χ4n) is 3.75. The average molecular weight is 422 g/mol. The van der Waals surface area contributed by atoms with Gasteiger partial charge in [0.25, 0.3) is 0 Å². The van der Waals surface area contributed by atoms with Gasteiger partial charge >= 0.3 is 5.92 Å². The predicted octanol–water partition coefficient (Wildman–Crippen LogP) is 5.18. The van der Waals surface area contributed by atoms with Crippen molar-refractivity contribution >= 4 is 11.0 Å². The molecule has 0 amide bonds. The molecule has 2 aromatic carbocycles. The Kier molecular flexibility index (Phi) is 5.07. The second-order valence-corrected chi connectivity index (χ2v) is 7.44. The van der Waals surface area contributed by atoms with E-state index in [2.05, 4.69) is 19.9 Å². The average Bonchev–Trinajstić information content (AvgIpc) is 3.26. The molecule has 1 N–H and O–H groups in total. The second-order valence-electron chi connectivity index (χ2n) is 7.44. The molecule has 158 valence electrons. The summed E-state index contributed by atoms with van der Waals surface area (Å²) in [5, 5.41) is 0. The number of para-hydroxylation sites is 2. The number of hydrogen-bond donors (Lipinski definition) is 1. The summed E-state index contributed by atoms with van der Waals surface area (Å²) in [7, 11) is 0. The summed E-state index contributed by atoms with van der Waals surface area (Å²) in [5.41, 5.74) is 1.66. The molecule has 0 aliphatic carbocycles. The van der Waals surface area contributed by atoms with Crippen LogP contribution < -0.4 is 4.74 Å². The fraction of sp³-hybridized carbons (Fsp3) is 0.261. The molecule has 1 saturated heterocycles. The standard InChI is InChI=1S/C23H20F2N4O2/c24-23(25,22-28-18-3-1-2-4-19(18)29-22)16-5-7-17(8-6-16)31-21-20(26-11-12-27-21)15-9-13-30-14-10-15/h1-8,11-12,15H,9-10,13-14H2,(H,28,29). The van der Waals surface area contributed by atoms with Crippen LogP contribution in [0.2, 0.25) is 0 Å². The lowest BCUT2D eigenvalue weighted by molar-refractivity contribution is 0.0340. The number of halogens is 2. The number of H-pyrrole nitrogens is 1. The molecule has 0 bridgehead atoms. The van der Waals surface area contributed by atoms with Crippen LogP contribution in [0.4, 0.5) is 8.78 Å². The number of aromatic nitrogens is 4. The van der Waals surface area contributed by atoms with E-state index in [1.165, 1.54) is 24.3 Å². The number of fused-ring (bicyclic) bond motifs is 1. The van der Waals surface area contributed by atoms with Crippen molar-refractivity contribution in [3.8, 4) is 11.6 Å². The molecular formula is C23H20F2N4O2.